The lowest BCUT2D eigenvalue weighted by atomic mass is 10.0. The number of rotatable bonds is 4. The van der Waals surface area contributed by atoms with Crippen LogP contribution in [0.25, 0.3) is 0 Å². The molecule has 0 aliphatic carbocycles. The van der Waals surface area contributed by atoms with Crippen LogP contribution in [0.15, 0.2) is 24.3 Å². The van der Waals surface area contributed by atoms with Gasteiger partial charge >= 0.3 is 12.1 Å². The summed E-state index contributed by atoms with van der Waals surface area (Å²) in [6.45, 7) is 0. The lowest BCUT2D eigenvalue weighted by Gasteiger charge is -2.11. The topological polar surface area (TPSA) is 113 Å². The van der Waals surface area contributed by atoms with E-state index in [1.54, 1.807) is 24.3 Å². The van der Waals surface area contributed by atoms with E-state index < -0.39 is 18.1 Å². The molecule has 5 N–H and O–H groups in total. The predicted molar refractivity (Wildman–Crippen MR) is 57.4 cm³/mol. The van der Waals surface area contributed by atoms with Crippen LogP contribution in [-0.2, 0) is 11.2 Å². The number of hydrogen-bond donors (Lipinski definition) is 4. The molecule has 0 spiro atoms. The van der Waals surface area contributed by atoms with Crippen molar-refractivity contribution in [2.24, 2.45) is 5.73 Å². The molecule has 0 heterocycles. The molecule has 0 aliphatic rings. The Morgan fingerprint density at radius 2 is 1.94 bits per heavy atom. The number of nitrogens with two attached hydrogens (primary N) is 1. The van der Waals surface area contributed by atoms with Gasteiger partial charge in [-0.05, 0) is 11.6 Å². The molecule has 16 heavy (non-hydrogen) atoms. The molecule has 6 nitrogen and oxygen atoms in total. The fourth-order valence-electron chi connectivity index (χ4n) is 1.26. The number of benzene rings is 1. The molecule has 0 bridgehead atoms. The summed E-state index contributed by atoms with van der Waals surface area (Å²) in [5, 5.41) is 19.4. The van der Waals surface area contributed by atoms with Crippen LogP contribution >= 0.6 is 0 Å². The molecule has 0 saturated heterocycles. The van der Waals surface area contributed by atoms with Gasteiger partial charge in [0.15, 0.2) is 0 Å². The van der Waals surface area contributed by atoms with Crippen molar-refractivity contribution >= 4 is 17.7 Å². The van der Waals surface area contributed by atoms with E-state index in [9.17, 15) is 9.59 Å². The normalized spacial score (nSPS) is 11.8. The molecule has 1 atom stereocenters. The van der Waals surface area contributed by atoms with Gasteiger partial charge in [0.1, 0.15) is 6.04 Å². The summed E-state index contributed by atoms with van der Waals surface area (Å²) in [6, 6.07) is 5.49. The van der Waals surface area contributed by atoms with E-state index in [1.807, 2.05) is 0 Å². The molecular formula is C10H12N2O4. The maximum absolute atomic E-state index is 10.6. The van der Waals surface area contributed by atoms with E-state index in [0.29, 0.717) is 11.3 Å². The first-order valence-corrected chi connectivity index (χ1v) is 4.57. The molecule has 0 aromatic heterocycles. The van der Waals surface area contributed by atoms with E-state index in [-0.39, 0.29) is 6.42 Å². The van der Waals surface area contributed by atoms with Crippen molar-refractivity contribution in [3.8, 4) is 0 Å². The summed E-state index contributed by atoms with van der Waals surface area (Å²) in [6.07, 6.45) is -1.12. The summed E-state index contributed by atoms with van der Waals surface area (Å²) >= 11 is 0. The Morgan fingerprint density at radius 1 is 1.31 bits per heavy atom. The molecule has 6 heteroatoms. The molecule has 86 valence electrons. The van der Waals surface area contributed by atoms with E-state index in [4.69, 9.17) is 15.9 Å². The first-order chi connectivity index (χ1) is 7.50. The second-order valence-electron chi connectivity index (χ2n) is 3.24. The Balaban J connectivity index is 2.86. The highest BCUT2D eigenvalue weighted by atomic mass is 16.4. The highest BCUT2D eigenvalue weighted by molar-refractivity contribution is 5.84. The van der Waals surface area contributed by atoms with Crippen molar-refractivity contribution in [2.75, 3.05) is 5.32 Å². The maximum atomic E-state index is 10.6. The van der Waals surface area contributed by atoms with Crippen LogP contribution < -0.4 is 11.1 Å². The summed E-state index contributed by atoms with van der Waals surface area (Å²) in [4.78, 5) is 21.1. The largest absolute Gasteiger partial charge is 0.480 e. The van der Waals surface area contributed by atoms with Crippen LogP contribution in [0.5, 0.6) is 0 Å². The molecule has 0 aliphatic heterocycles. The molecule has 1 aromatic carbocycles. The van der Waals surface area contributed by atoms with Crippen molar-refractivity contribution in [1.29, 1.82) is 0 Å². The van der Waals surface area contributed by atoms with Gasteiger partial charge in [0.2, 0.25) is 0 Å². The summed E-state index contributed by atoms with van der Waals surface area (Å²) in [5.74, 6) is -1.12. The number of aliphatic carboxylic acids is 1. The third kappa shape index (κ3) is 3.25. The molecule has 1 amide bonds. The summed E-state index contributed by atoms with van der Waals surface area (Å²) in [5.41, 5.74) is 6.28. The Bertz CT molecular complexity index is 406. The van der Waals surface area contributed by atoms with Crippen molar-refractivity contribution in [2.45, 2.75) is 12.5 Å². The number of amides is 1. The summed E-state index contributed by atoms with van der Waals surface area (Å²) < 4.78 is 0. The predicted octanol–water partition coefficient (Wildman–Crippen LogP) is 0.731. The SMILES string of the molecule is NC(Cc1ccccc1NC(=O)O)C(=O)O. The molecule has 0 saturated carbocycles. The number of carboxylic acids is 1. The zero-order valence-electron chi connectivity index (χ0n) is 8.38. The van der Waals surface area contributed by atoms with Gasteiger partial charge in [-0.15, -0.1) is 0 Å². The molecule has 1 unspecified atom stereocenters. The van der Waals surface area contributed by atoms with Crippen molar-refractivity contribution in [3.63, 3.8) is 0 Å². The molecule has 0 radical (unpaired) electrons. The second-order valence-corrected chi connectivity index (χ2v) is 3.24. The minimum absolute atomic E-state index is 0.0752. The van der Waals surface area contributed by atoms with Crippen molar-refractivity contribution in [3.05, 3.63) is 29.8 Å². The van der Waals surface area contributed by atoms with Gasteiger partial charge in [-0.1, -0.05) is 18.2 Å². The number of carboxylic acid groups (broad SMARTS) is 2. The third-order valence-corrected chi connectivity index (χ3v) is 2.02. The van der Waals surface area contributed by atoms with Crippen LogP contribution in [0.3, 0.4) is 0 Å². The van der Waals surface area contributed by atoms with Crippen molar-refractivity contribution in [1.82, 2.24) is 0 Å². The second kappa shape index (κ2) is 5.13. The average Bonchev–Trinajstić information content (AvgIpc) is 2.20. The minimum atomic E-state index is -1.20. The standard InChI is InChI=1S/C10H12N2O4/c11-7(9(13)14)5-6-3-1-2-4-8(6)12-10(15)16/h1-4,7,12H,5,11H2,(H,13,14)(H,15,16). The highest BCUT2D eigenvalue weighted by Gasteiger charge is 2.14. The highest BCUT2D eigenvalue weighted by Crippen LogP contribution is 2.16. The van der Waals surface area contributed by atoms with Gasteiger partial charge < -0.3 is 15.9 Å². The number of para-hydroxylation sites is 1. The third-order valence-electron chi connectivity index (χ3n) is 2.02. The van der Waals surface area contributed by atoms with Crippen LogP contribution in [0.2, 0.25) is 0 Å². The van der Waals surface area contributed by atoms with Crippen LogP contribution in [0, 0.1) is 0 Å². The van der Waals surface area contributed by atoms with Gasteiger partial charge in [0, 0.05) is 12.1 Å². The van der Waals surface area contributed by atoms with Crippen molar-refractivity contribution < 1.29 is 19.8 Å². The van der Waals surface area contributed by atoms with Crippen LogP contribution in [0.1, 0.15) is 5.56 Å². The average molecular weight is 224 g/mol. The van der Waals surface area contributed by atoms with E-state index in [1.165, 1.54) is 0 Å². The fourth-order valence-corrected chi connectivity index (χ4v) is 1.26. The minimum Gasteiger partial charge on any atom is -0.480 e. The van der Waals surface area contributed by atoms with Gasteiger partial charge in [-0.3, -0.25) is 10.1 Å². The van der Waals surface area contributed by atoms with Gasteiger partial charge in [0.05, 0.1) is 0 Å². The Morgan fingerprint density at radius 3 is 2.50 bits per heavy atom. The first-order valence-electron chi connectivity index (χ1n) is 4.57. The number of carbonyl (C=O) groups is 2. The van der Waals surface area contributed by atoms with Gasteiger partial charge in [-0.2, -0.15) is 0 Å². The monoisotopic (exact) mass is 224 g/mol. The zero-order chi connectivity index (χ0) is 12.1. The number of hydrogen-bond acceptors (Lipinski definition) is 3. The van der Waals surface area contributed by atoms with E-state index >= 15 is 0 Å². The quantitative estimate of drug-likeness (QED) is 0.602. The van der Waals surface area contributed by atoms with Gasteiger partial charge in [-0.25, -0.2) is 4.79 Å². The number of anilines is 1. The lowest BCUT2D eigenvalue weighted by Crippen LogP contribution is -2.32. The molecule has 0 fully saturated rings. The first kappa shape index (κ1) is 12.0. The smallest absolute Gasteiger partial charge is 0.409 e. The lowest BCUT2D eigenvalue weighted by molar-refractivity contribution is -0.138. The molecule has 1 rings (SSSR count). The Kier molecular flexibility index (Phi) is 3.84. The van der Waals surface area contributed by atoms with E-state index in [2.05, 4.69) is 5.32 Å². The van der Waals surface area contributed by atoms with Crippen LogP contribution in [0.4, 0.5) is 10.5 Å². The van der Waals surface area contributed by atoms with Crippen LogP contribution in [-0.4, -0.2) is 28.3 Å². The fraction of sp³-hybridized carbons (Fsp3) is 0.200. The molecular weight excluding hydrogens is 212 g/mol. The zero-order valence-corrected chi connectivity index (χ0v) is 8.38. The number of nitrogens with one attached hydrogen (secondary N) is 1. The Labute approximate surface area is 91.7 Å². The van der Waals surface area contributed by atoms with E-state index in [0.717, 1.165) is 0 Å². The summed E-state index contributed by atoms with van der Waals surface area (Å²) in [7, 11) is 0. The maximum Gasteiger partial charge on any atom is 0.409 e. The molecule has 1 aromatic rings. The van der Waals surface area contributed by atoms with Gasteiger partial charge in [0.25, 0.3) is 0 Å². The Hall–Kier alpha value is -2.08.